The van der Waals surface area contributed by atoms with Crippen LogP contribution in [0.4, 0.5) is 0 Å². The lowest BCUT2D eigenvalue weighted by Crippen LogP contribution is -2.03. The number of aryl methyl sites for hydroxylation is 1. The molecule has 13 heavy (non-hydrogen) atoms. The monoisotopic (exact) mass is 179 g/mol. The highest BCUT2D eigenvalue weighted by atomic mass is 15.0. The minimum Gasteiger partial charge on any atom is -0.331 e. The van der Waals surface area contributed by atoms with Crippen LogP contribution >= 0.6 is 0 Å². The van der Waals surface area contributed by atoms with Crippen molar-refractivity contribution >= 4 is 6.08 Å². The number of aromatic nitrogens is 2. The molecule has 0 amide bonds. The Hall–Kier alpha value is -1.09. The van der Waals surface area contributed by atoms with Gasteiger partial charge < -0.3 is 10.3 Å². The van der Waals surface area contributed by atoms with Gasteiger partial charge in [-0.1, -0.05) is 12.5 Å². The van der Waals surface area contributed by atoms with Crippen LogP contribution in [0.2, 0.25) is 0 Å². The number of imidazole rings is 1. The van der Waals surface area contributed by atoms with E-state index in [1.807, 2.05) is 12.5 Å². The van der Waals surface area contributed by atoms with Crippen LogP contribution < -0.4 is 5.73 Å². The van der Waals surface area contributed by atoms with E-state index >= 15 is 0 Å². The van der Waals surface area contributed by atoms with Crippen molar-refractivity contribution in [2.24, 2.45) is 5.73 Å². The van der Waals surface area contributed by atoms with Crippen LogP contribution in [-0.2, 0) is 6.54 Å². The molecule has 0 unspecified atom stereocenters. The molecule has 1 aromatic rings. The standard InChI is InChI=1S/C10H17N3/c1-3-9(6-11)5-10-7-12-8-13(10)4-2/h5,7-8H,3-4,6,11H2,1-2H3. The number of hydrogen-bond acceptors (Lipinski definition) is 2. The van der Waals surface area contributed by atoms with Gasteiger partial charge in [0, 0.05) is 13.1 Å². The Morgan fingerprint density at radius 3 is 2.92 bits per heavy atom. The van der Waals surface area contributed by atoms with Gasteiger partial charge in [-0.25, -0.2) is 4.98 Å². The topological polar surface area (TPSA) is 43.8 Å². The molecule has 0 aromatic carbocycles. The molecule has 2 N–H and O–H groups in total. The molecule has 0 saturated carbocycles. The summed E-state index contributed by atoms with van der Waals surface area (Å²) in [5.74, 6) is 0. The molecular weight excluding hydrogens is 162 g/mol. The molecule has 0 aliphatic carbocycles. The second-order valence-electron chi connectivity index (χ2n) is 2.96. The fourth-order valence-corrected chi connectivity index (χ4v) is 1.23. The Bertz CT molecular complexity index is 280. The summed E-state index contributed by atoms with van der Waals surface area (Å²) in [6.45, 7) is 5.80. The average molecular weight is 179 g/mol. The summed E-state index contributed by atoms with van der Waals surface area (Å²) in [6, 6.07) is 0. The maximum atomic E-state index is 5.59. The van der Waals surface area contributed by atoms with Gasteiger partial charge in [-0.05, 0) is 19.4 Å². The van der Waals surface area contributed by atoms with Crippen LogP contribution in [0.25, 0.3) is 6.08 Å². The van der Waals surface area contributed by atoms with Crippen molar-refractivity contribution in [3.05, 3.63) is 23.8 Å². The van der Waals surface area contributed by atoms with Gasteiger partial charge in [-0.2, -0.15) is 0 Å². The van der Waals surface area contributed by atoms with E-state index in [0.29, 0.717) is 6.54 Å². The molecule has 3 heteroatoms. The van der Waals surface area contributed by atoms with Crippen LogP contribution in [0.15, 0.2) is 18.1 Å². The van der Waals surface area contributed by atoms with Crippen molar-refractivity contribution in [2.75, 3.05) is 6.54 Å². The first-order valence-electron chi connectivity index (χ1n) is 4.71. The highest BCUT2D eigenvalue weighted by Crippen LogP contribution is 2.08. The summed E-state index contributed by atoms with van der Waals surface area (Å²) in [7, 11) is 0. The first-order chi connectivity index (χ1) is 6.31. The fraction of sp³-hybridized carbons (Fsp3) is 0.500. The van der Waals surface area contributed by atoms with E-state index in [1.165, 1.54) is 5.57 Å². The van der Waals surface area contributed by atoms with E-state index in [1.54, 1.807) is 0 Å². The van der Waals surface area contributed by atoms with Gasteiger partial charge >= 0.3 is 0 Å². The molecular formula is C10H17N3. The largest absolute Gasteiger partial charge is 0.331 e. The lowest BCUT2D eigenvalue weighted by atomic mass is 10.2. The number of nitrogens with zero attached hydrogens (tertiary/aromatic N) is 2. The maximum absolute atomic E-state index is 5.59. The minimum atomic E-state index is 0.630. The third-order valence-corrected chi connectivity index (χ3v) is 2.15. The SMILES string of the molecule is CCC(=Cc1cncn1CC)CN. The highest BCUT2D eigenvalue weighted by Gasteiger charge is 1.97. The first-order valence-corrected chi connectivity index (χ1v) is 4.71. The van der Waals surface area contributed by atoms with E-state index in [0.717, 1.165) is 18.7 Å². The zero-order chi connectivity index (χ0) is 9.68. The van der Waals surface area contributed by atoms with E-state index in [9.17, 15) is 0 Å². The van der Waals surface area contributed by atoms with Crippen LogP contribution in [0, 0.1) is 0 Å². The Morgan fingerprint density at radius 2 is 2.38 bits per heavy atom. The van der Waals surface area contributed by atoms with Crippen molar-refractivity contribution < 1.29 is 0 Å². The van der Waals surface area contributed by atoms with Gasteiger partial charge in [0.1, 0.15) is 0 Å². The first kappa shape index (κ1) is 9.99. The van der Waals surface area contributed by atoms with Gasteiger partial charge in [-0.15, -0.1) is 0 Å². The molecule has 72 valence electrons. The summed E-state index contributed by atoms with van der Waals surface area (Å²) in [6.07, 6.45) is 6.84. The Kier molecular flexibility index (Phi) is 3.71. The predicted molar refractivity (Wildman–Crippen MR) is 55.2 cm³/mol. The lowest BCUT2D eigenvalue weighted by molar-refractivity contribution is 0.753. The van der Waals surface area contributed by atoms with E-state index in [-0.39, 0.29) is 0 Å². The molecule has 0 bridgehead atoms. The van der Waals surface area contributed by atoms with Crippen molar-refractivity contribution in [3.63, 3.8) is 0 Å². The molecule has 0 aliphatic rings. The Balaban J connectivity index is 2.88. The number of hydrogen-bond donors (Lipinski definition) is 1. The van der Waals surface area contributed by atoms with Crippen LogP contribution in [-0.4, -0.2) is 16.1 Å². The summed E-state index contributed by atoms with van der Waals surface area (Å²) in [5.41, 5.74) is 8.00. The molecule has 1 heterocycles. The van der Waals surface area contributed by atoms with Gasteiger partial charge in [0.15, 0.2) is 0 Å². The third kappa shape index (κ3) is 2.42. The average Bonchev–Trinajstić information content (AvgIpc) is 2.61. The van der Waals surface area contributed by atoms with Gasteiger partial charge in [0.25, 0.3) is 0 Å². The molecule has 0 aliphatic heterocycles. The van der Waals surface area contributed by atoms with Crippen molar-refractivity contribution in [1.29, 1.82) is 0 Å². The molecule has 0 fully saturated rings. The Morgan fingerprint density at radius 1 is 1.62 bits per heavy atom. The van der Waals surface area contributed by atoms with E-state index in [4.69, 9.17) is 5.73 Å². The summed E-state index contributed by atoms with van der Waals surface area (Å²) >= 11 is 0. The van der Waals surface area contributed by atoms with Gasteiger partial charge in [0.05, 0.1) is 18.2 Å². The lowest BCUT2D eigenvalue weighted by Gasteiger charge is -2.03. The van der Waals surface area contributed by atoms with Crippen molar-refractivity contribution in [2.45, 2.75) is 26.8 Å². The molecule has 0 saturated heterocycles. The molecule has 0 radical (unpaired) electrons. The second-order valence-corrected chi connectivity index (χ2v) is 2.96. The summed E-state index contributed by atoms with van der Waals surface area (Å²) < 4.78 is 2.10. The second kappa shape index (κ2) is 4.82. The molecule has 3 nitrogen and oxygen atoms in total. The number of nitrogens with two attached hydrogens (primary N) is 1. The maximum Gasteiger partial charge on any atom is 0.0950 e. The zero-order valence-electron chi connectivity index (χ0n) is 8.33. The number of rotatable bonds is 4. The van der Waals surface area contributed by atoms with E-state index in [2.05, 4.69) is 29.5 Å². The van der Waals surface area contributed by atoms with Crippen LogP contribution in [0.5, 0.6) is 0 Å². The highest BCUT2D eigenvalue weighted by molar-refractivity contribution is 5.48. The van der Waals surface area contributed by atoms with Crippen molar-refractivity contribution in [1.82, 2.24) is 9.55 Å². The molecule has 1 rings (SSSR count). The smallest absolute Gasteiger partial charge is 0.0950 e. The quantitative estimate of drug-likeness (QED) is 0.763. The molecule has 0 atom stereocenters. The summed E-state index contributed by atoms with van der Waals surface area (Å²) in [5, 5.41) is 0. The normalized spacial score (nSPS) is 12.1. The predicted octanol–water partition coefficient (Wildman–Crippen LogP) is 1.66. The Labute approximate surface area is 79.3 Å². The van der Waals surface area contributed by atoms with Crippen LogP contribution in [0.1, 0.15) is 26.0 Å². The fourth-order valence-electron chi connectivity index (χ4n) is 1.23. The van der Waals surface area contributed by atoms with Crippen molar-refractivity contribution in [3.8, 4) is 0 Å². The van der Waals surface area contributed by atoms with Gasteiger partial charge in [-0.3, -0.25) is 0 Å². The van der Waals surface area contributed by atoms with Crippen LogP contribution in [0.3, 0.4) is 0 Å². The molecule has 0 spiro atoms. The van der Waals surface area contributed by atoms with E-state index < -0.39 is 0 Å². The molecule has 1 aromatic heterocycles. The summed E-state index contributed by atoms with van der Waals surface area (Å²) in [4.78, 5) is 4.09. The van der Waals surface area contributed by atoms with Gasteiger partial charge in [0.2, 0.25) is 0 Å². The zero-order valence-corrected chi connectivity index (χ0v) is 8.33. The third-order valence-electron chi connectivity index (χ3n) is 2.15. The minimum absolute atomic E-state index is 0.630.